The molecule has 0 saturated carbocycles. The molecule has 0 radical (unpaired) electrons. The molecule has 1 fully saturated rings. The van der Waals surface area contributed by atoms with Gasteiger partial charge in [-0.05, 0) is 25.0 Å². The van der Waals surface area contributed by atoms with Gasteiger partial charge in [0.2, 0.25) is 5.91 Å². The molecule has 7 heteroatoms. The van der Waals surface area contributed by atoms with Gasteiger partial charge in [0.05, 0.1) is 0 Å². The van der Waals surface area contributed by atoms with Gasteiger partial charge in [0.1, 0.15) is 0 Å². The Morgan fingerprint density at radius 1 is 1.08 bits per heavy atom. The number of para-hydroxylation sites is 1. The number of nitrogens with one attached hydrogen (secondary N) is 1. The number of benzene rings is 1. The Hall–Kier alpha value is -2.96. The number of likely N-dealkylation sites (tertiary alicyclic amines) is 1. The minimum Gasteiger partial charge on any atom is -0.382 e. The summed E-state index contributed by atoms with van der Waals surface area (Å²) in [5, 5.41) is 2.91. The minimum absolute atomic E-state index is 0.00712. The molecule has 124 valence electrons. The number of aromatic nitrogens is 2. The number of piperidine rings is 1. The van der Waals surface area contributed by atoms with E-state index in [4.69, 9.17) is 5.73 Å². The Kier molecular flexibility index (Phi) is 4.69. The molecule has 1 aliphatic rings. The number of hydrogen-bond donors (Lipinski definition) is 2. The van der Waals surface area contributed by atoms with Crippen molar-refractivity contribution >= 4 is 23.3 Å². The number of nitrogen functional groups attached to an aromatic ring is 1. The van der Waals surface area contributed by atoms with Gasteiger partial charge in [-0.15, -0.1) is 0 Å². The third-order valence-corrected chi connectivity index (χ3v) is 4.12. The zero-order valence-electron chi connectivity index (χ0n) is 13.2. The summed E-state index contributed by atoms with van der Waals surface area (Å²) in [6.07, 6.45) is 4.13. The summed E-state index contributed by atoms with van der Waals surface area (Å²) < 4.78 is 0. The Bertz CT molecular complexity index is 727. The highest BCUT2D eigenvalue weighted by Crippen LogP contribution is 2.21. The summed E-state index contributed by atoms with van der Waals surface area (Å²) in [7, 11) is 0. The van der Waals surface area contributed by atoms with E-state index in [1.807, 2.05) is 30.3 Å². The lowest BCUT2D eigenvalue weighted by Crippen LogP contribution is -2.42. The molecule has 0 spiro atoms. The number of hydrogen-bond acceptors (Lipinski definition) is 5. The summed E-state index contributed by atoms with van der Waals surface area (Å²) >= 11 is 0. The normalized spacial score (nSPS) is 15.1. The average Bonchev–Trinajstić information content (AvgIpc) is 2.62. The van der Waals surface area contributed by atoms with E-state index in [1.54, 1.807) is 4.90 Å². The molecule has 0 atom stereocenters. The topological polar surface area (TPSA) is 101 Å². The van der Waals surface area contributed by atoms with Crippen molar-refractivity contribution in [1.29, 1.82) is 0 Å². The quantitative estimate of drug-likeness (QED) is 0.891. The molecule has 1 saturated heterocycles. The fourth-order valence-corrected chi connectivity index (χ4v) is 2.77. The number of nitrogens with zero attached hydrogens (tertiary/aromatic N) is 3. The fourth-order valence-electron chi connectivity index (χ4n) is 2.77. The standard InChI is InChI=1S/C17H19N5O2/c18-15-14(19-8-9-20-15)17(24)22-10-6-12(7-11-22)16(23)21-13-4-2-1-3-5-13/h1-5,8-9,12H,6-7,10-11H2,(H2,18,20)(H,21,23). The van der Waals surface area contributed by atoms with Crippen molar-refractivity contribution in [2.75, 3.05) is 24.1 Å². The van der Waals surface area contributed by atoms with Crippen molar-refractivity contribution in [3.63, 3.8) is 0 Å². The molecular weight excluding hydrogens is 306 g/mol. The third-order valence-electron chi connectivity index (χ3n) is 4.12. The summed E-state index contributed by atoms with van der Waals surface area (Å²) in [6.45, 7) is 1.00. The zero-order chi connectivity index (χ0) is 16.9. The maximum absolute atomic E-state index is 12.4. The van der Waals surface area contributed by atoms with Gasteiger partial charge in [0.15, 0.2) is 11.5 Å². The Labute approximate surface area is 139 Å². The summed E-state index contributed by atoms with van der Waals surface area (Å²) in [4.78, 5) is 34.3. The highest BCUT2D eigenvalue weighted by atomic mass is 16.2. The molecule has 7 nitrogen and oxygen atoms in total. The van der Waals surface area contributed by atoms with Crippen molar-refractivity contribution < 1.29 is 9.59 Å². The molecule has 1 aliphatic heterocycles. The Morgan fingerprint density at radius 3 is 2.42 bits per heavy atom. The minimum atomic E-state index is -0.234. The molecule has 0 aliphatic carbocycles. The SMILES string of the molecule is Nc1nccnc1C(=O)N1CCC(C(=O)Nc2ccccc2)CC1. The maximum Gasteiger partial charge on any atom is 0.276 e. The first-order valence-electron chi connectivity index (χ1n) is 7.87. The van der Waals surface area contributed by atoms with Gasteiger partial charge < -0.3 is 16.0 Å². The highest BCUT2D eigenvalue weighted by molar-refractivity contribution is 5.97. The number of carbonyl (C=O) groups excluding carboxylic acids is 2. The molecule has 2 heterocycles. The third kappa shape index (κ3) is 3.51. The van der Waals surface area contributed by atoms with Crippen LogP contribution >= 0.6 is 0 Å². The Balaban J connectivity index is 1.57. The second kappa shape index (κ2) is 7.08. The summed E-state index contributed by atoms with van der Waals surface area (Å²) in [5.41, 5.74) is 6.66. The number of carbonyl (C=O) groups is 2. The van der Waals surface area contributed by atoms with Crippen molar-refractivity contribution in [3.8, 4) is 0 Å². The highest BCUT2D eigenvalue weighted by Gasteiger charge is 2.29. The van der Waals surface area contributed by atoms with E-state index < -0.39 is 0 Å². The molecule has 3 rings (SSSR count). The Morgan fingerprint density at radius 2 is 1.75 bits per heavy atom. The first-order chi connectivity index (χ1) is 11.6. The summed E-state index contributed by atoms with van der Waals surface area (Å²) in [6, 6.07) is 9.36. The van der Waals surface area contributed by atoms with Gasteiger partial charge in [-0.3, -0.25) is 9.59 Å². The number of rotatable bonds is 3. The average molecular weight is 325 g/mol. The fraction of sp³-hybridized carbons (Fsp3) is 0.294. The smallest absolute Gasteiger partial charge is 0.276 e. The van der Waals surface area contributed by atoms with E-state index in [0.717, 1.165) is 5.69 Å². The van der Waals surface area contributed by atoms with Gasteiger partial charge >= 0.3 is 0 Å². The second-order valence-corrected chi connectivity index (χ2v) is 5.71. The van der Waals surface area contributed by atoms with Crippen LogP contribution in [0.15, 0.2) is 42.7 Å². The van der Waals surface area contributed by atoms with Crippen molar-refractivity contribution in [3.05, 3.63) is 48.4 Å². The lowest BCUT2D eigenvalue weighted by atomic mass is 9.95. The van der Waals surface area contributed by atoms with Crippen LogP contribution in [0.2, 0.25) is 0 Å². The molecule has 24 heavy (non-hydrogen) atoms. The number of nitrogens with two attached hydrogens (primary N) is 1. The van der Waals surface area contributed by atoms with Gasteiger partial charge in [-0.25, -0.2) is 9.97 Å². The van der Waals surface area contributed by atoms with Crippen LogP contribution in [-0.4, -0.2) is 39.8 Å². The predicted molar refractivity (Wildman–Crippen MR) is 90.1 cm³/mol. The van der Waals surface area contributed by atoms with E-state index in [9.17, 15) is 9.59 Å². The van der Waals surface area contributed by atoms with Gasteiger partial charge in [-0.2, -0.15) is 0 Å². The van der Waals surface area contributed by atoms with Gasteiger partial charge in [-0.1, -0.05) is 18.2 Å². The van der Waals surface area contributed by atoms with E-state index in [0.29, 0.717) is 25.9 Å². The molecule has 1 aromatic carbocycles. The molecule has 3 N–H and O–H groups in total. The van der Waals surface area contributed by atoms with Gasteiger partial charge in [0.25, 0.3) is 5.91 Å². The number of amides is 2. The van der Waals surface area contributed by atoms with Crippen LogP contribution in [0, 0.1) is 5.92 Å². The van der Waals surface area contributed by atoms with Crippen molar-refractivity contribution in [2.45, 2.75) is 12.8 Å². The monoisotopic (exact) mass is 325 g/mol. The lowest BCUT2D eigenvalue weighted by Gasteiger charge is -2.31. The van der Waals surface area contributed by atoms with Crippen LogP contribution in [0.5, 0.6) is 0 Å². The number of anilines is 2. The van der Waals surface area contributed by atoms with Crippen LogP contribution in [-0.2, 0) is 4.79 Å². The van der Waals surface area contributed by atoms with Gasteiger partial charge in [0, 0.05) is 37.1 Å². The van der Waals surface area contributed by atoms with Crippen LogP contribution in [0.25, 0.3) is 0 Å². The van der Waals surface area contributed by atoms with Crippen LogP contribution in [0.4, 0.5) is 11.5 Å². The largest absolute Gasteiger partial charge is 0.382 e. The van der Waals surface area contributed by atoms with E-state index in [2.05, 4.69) is 15.3 Å². The second-order valence-electron chi connectivity index (χ2n) is 5.71. The van der Waals surface area contributed by atoms with Crippen molar-refractivity contribution in [1.82, 2.24) is 14.9 Å². The lowest BCUT2D eigenvalue weighted by molar-refractivity contribution is -0.121. The maximum atomic E-state index is 12.4. The molecule has 2 amide bonds. The molecule has 1 aromatic heterocycles. The van der Waals surface area contributed by atoms with Crippen LogP contribution in [0.3, 0.4) is 0 Å². The van der Waals surface area contributed by atoms with Crippen LogP contribution in [0.1, 0.15) is 23.3 Å². The molecule has 0 unspecified atom stereocenters. The summed E-state index contributed by atoms with van der Waals surface area (Å²) in [5.74, 6) is -0.213. The zero-order valence-corrected chi connectivity index (χ0v) is 13.2. The predicted octanol–water partition coefficient (Wildman–Crippen LogP) is 1.55. The van der Waals surface area contributed by atoms with Crippen LogP contribution < -0.4 is 11.1 Å². The first-order valence-corrected chi connectivity index (χ1v) is 7.87. The first kappa shape index (κ1) is 15.9. The molecule has 2 aromatic rings. The van der Waals surface area contributed by atoms with E-state index in [1.165, 1.54) is 12.4 Å². The van der Waals surface area contributed by atoms with Crippen molar-refractivity contribution in [2.24, 2.45) is 5.92 Å². The van der Waals surface area contributed by atoms with E-state index >= 15 is 0 Å². The molecule has 0 bridgehead atoms. The molecular formula is C17H19N5O2. The van der Waals surface area contributed by atoms with E-state index in [-0.39, 0.29) is 29.2 Å².